The van der Waals surface area contributed by atoms with Gasteiger partial charge in [0.2, 0.25) is 10.0 Å². The topological polar surface area (TPSA) is 49.4 Å². The molecule has 29 heavy (non-hydrogen) atoms. The van der Waals surface area contributed by atoms with Crippen LogP contribution in [0.1, 0.15) is 22.3 Å². The Morgan fingerprint density at radius 3 is 2.45 bits per heavy atom. The standard InChI is InChI=1S/C24H26N2O2S/c1-19-5-4-8-24(17-19)29(27,28)25-15-13-20-9-11-23(12-10-20)26-16-14-21-6-2-3-7-22(21)18-26/h2-12,17,25H,13-16,18H2,1H3. The summed E-state index contributed by atoms with van der Waals surface area (Å²) in [7, 11) is -3.46. The van der Waals surface area contributed by atoms with Gasteiger partial charge < -0.3 is 4.90 Å². The Labute approximate surface area is 173 Å². The summed E-state index contributed by atoms with van der Waals surface area (Å²) in [6.45, 7) is 4.23. The molecule has 1 aliphatic rings. The van der Waals surface area contributed by atoms with Gasteiger partial charge in [-0.05, 0) is 66.3 Å². The molecule has 0 spiro atoms. The van der Waals surface area contributed by atoms with Gasteiger partial charge in [-0.15, -0.1) is 0 Å². The van der Waals surface area contributed by atoms with Crippen molar-refractivity contribution in [3.8, 4) is 0 Å². The van der Waals surface area contributed by atoms with Crippen molar-refractivity contribution in [3.05, 3.63) is 95.1 Å². The number of hydrogen-bond donors (Lipinski definition) is 1. The van der Waals surface area contributed by atoms with E-state index in [1.807, 2.05) is 13.0 Å². The first-order valence-electron chi connectivity index (χ1n) is 9.98. The van der Waals surface area contributed by atoms with Crippen LogP contribution in [0.4, 0.5) is 5.69 Å². The van der Waals surface area contributed by atoms with Gasteiger partial charge in [0.25, 0.3) is 0 Å². The number of rotatable bonds is 6. The van der Waals surface area contributed by atoms with E-state index in [2.05, 4.69) is 58.2 Å². The molecule has 5 heteroatoms. The Morgan fingerprint density at radius 1 is 0.931 bits per heavy atom. The minimum atomic E-state index is -3.46. The number of nitrogens with one attached hydrogen (secondary N) is 1. The van der Waals surface area contributed by atoms with Gasteiger partial charge in [-0.25, -0.2) is 13.1 Å². The van der Waals surface area contributed by atoms with Crippen molar-refractivity contribution in [1.29, 1.82) is 0 Å². The monoisotopic (exact) mass is 406 g/mol. The van der Waals surface area contributed by atoms with E-state index >= 15 is 0 Å². The molecule has 0 saturated heterocycles. The summed E-state index contributed by atoms with van der Waals surface area (Å²) in [4.78, 5) is 2.71. The van der Waals surface area contributed by atoms with E-state index in [1.165, 1.54) is 16.8 Å². The summed E-state index contributed by atoms with van der Waals surface area (Å²) in [5.41, 5.74) is 6.11. The summed E-state index contributed by atoms with van der Waals surface area (Å²) in [6.07, 6.45) is 1.73. The average Bonchev–Trinajstić information content (AvgIpc) is 2.74. The van der Waals surface area contributed by atoms with E-state index in [1.54, 1.807) is 18.2 Å². The van der Waals surface area contributed by atoms with Crippen LogP contribution in [-0.2, 0) is 29.4 Å². The Kier molecular flexibility index (Phi) is 5.69. The zero-order valence-corrected chi connectivity index (χ0v) is 17.5. The van der Waals surface area contributed by atoms with Crippen LogP contribution in [0.15, 0.2) is 77.7 Å². The molecule has 0 fully saturated rings. The summed E-state index contributed by atoms with van der Waals surface area (Å²) in [5.74, 6) is 0. The molecule has 0 bridgehead atoms. The second-order valence-corrected chi connectivity index (χ2v) is 9.34. The van der Waals surface area contributed by atoms with Gasteiger partial charge >= 0.3 is 0 Å². The third-order valence-corrected chi connectivity index (χ3v) is 6.90. The van der Waals surface area contributed by atoms with Gasteiger partial charge in [-0.2, -0.15) is 0 Å². The van der Waals surface area contributed by atoms with Crippen molar-refractivity contribution in [3.63, 3.8) is 0 Å². The smallest absolute Gasteiger partial charge is 0.240 e. The highest BCUT2D eigenvalue weighted by Crippen LogP contribution is 2.24. The van der Waals surface area contributed by atoms with Crippen LogP contribution in [-0.4, -0.2) is 21.5 Å². The largest absolute Gasteiger partial charge is 0.367 e. The summed E-state index contributed by atoms with van der Waals surface area (Å²) >= 11 is 0. The first-order valence-corrected chi connectivity index (χ1v) is 11.5. The van der Waals surface area contributed by atoms with E-state index in [9.17, 15) is 8.42 Å². The number of sulfonamides is 1. The number of nitrogens with zero attached hydrogens (tertiary/aromatic N) is 1. The number of aryl methyl sites for hydroxylation is 1. The lowest BCUT2D eigenvalue weighted by atomic mass is 9.99. The normalized spacial score (nSPS) is 13.9. The second-order valence-electron chi connectivity index (χ2n) is 7.57. The molecule has 0 radical (unpaired) electrons. The maximum absolute atomic E-state index is 12.4. The molecule has 0 atom stereocenters. The number of fused-ring (bicyclic) bond motifs is 1. The predicted molar refractivity (Wildman–Crippen MR) is 118 cm³/mol. The van der Waals surface area contributed by atoms with Gasteiger partial charge in [0, 0.05) is 25.3 Å². The number of anilines is 1. The molecule has 0 saturated carbocycles. The average molecular weight is 407 g/mol. The van der Waals surface area contributed by atoms with E-state index in [-0.39, 0.29) is 0 Å². The number of hydrogen-bond acceptors (Lipinski definition) is 3. The fraction of sp³-hybridized carbons (Fsp3) is 0.250. The lowest BCUT2D eigenvalue weighted by Crippen LogP contribution is -2.30. The molecule has 3 aromatic carbocycles. The fourth-order valence-electron chi connectivity index (χ4n) is 3.79. The lowest BCUT2D eigenvalue weighted by molar-refractivity contribution is 0.581. The van der Waals surface area contributed by atoms with Gasteiger partial charge in [0.05, 0.1) is 4.90 Å². The molecule has 1 heterocycles. The zero-order valence-electron chi connectivity index (χ0n) is 16.6. The van der Waals surface area contributed by atoms with Gasteiger partial charge in [0.15, 0.2) is 0 Å². The van der Waals surface area contributed by atoms with Gasteiger partial charge in [0.1, 0.15) is 0 Å². The van der Waals surface area contributed by atoms with Crippen molar-refractivity contribution >= 4 is 15.7 Å². The van der Waals surface area contributed by atoms with E-state index in [0.717, 1.165) is 30.6 Å². The molecule has 0 unspecified atom stereocenters. The minimum Gasteiger partial charge on any atom is -0.367 e. The Bertz CT molecular complexity index is 1090. The third-order valence-electron chi connectivity index (χ3n) is 5.44. The quantitative estimate of drug-likeness (QED) is 0.671. The highest BCUT2D eigenvalue weighted by molar-refractivity contribution is 7.89. The molecule has 0 amide bonds. The molecule has 1 N–H and O–H groups in total. The van der Waals surface area contributed by atoms with Crippen molar-refractivity contribution in [1.82, 2.24) is 4.72 Å². The summed E-state index contributed by atoms with van der Waals surface area (Å²) < 4.78 is 27.5. The fourth-order valence-corrected chi connectivity index (χ4v) is 4.92. The minimum absolute atomic E-state index is 0.318. The molecular formula is C24H26N2O2S. The SMILES string of the molecule is Cc1cccc(S(=O)(=O)NCCc2ccc(N3CCc4ccccc4C3)cc2)c1. The third kappa shape index (κ3) is 4.69. The van der Waals surface area contributed by atoms with Crippen LogP contribution in [0.25, 0.3) is 0 Å². The molecule has 150 valence electrons. The Hall–Kier alpha value is -2.63. The van der Waals surface area contributed by atoms with Crippen molar-refractivity contribution in [2.45, 2.75) is 31.2 Å². The zero-order chi connectivity index (χ0) is 20.3. The highest BCUT2D eigenvalue weighted by atomic mass is 32.2. The van der Waals surface area contributed by atoms with Gasteiger partial charge in [-0.3, -0.25) is 0 Å². The van der Waals surface area contributed by atoms with E-state index < -0.39 is 10.0 Å². The van der Waals surface area contributed by atoms with Crippen LogP contribution in [0.2, 0.25) is 0 Å². The first kappa shape index (κ1) is 19.7. The van der Waals surface area contributed by atoms with Gasteiger partial charge in [-0.1, -0.05) is 48.5 Å². The summed E-state index contributed by atoms with van der Waals surface area (Å²) in [5, 5.41) is 0. The Balaban J connectivity index is 1.34. The van der Waals surface area contributed by atoms with Crippen LogP contribution >= 0.6 is 0 Å². The maximum Gasteiger partial charge on any atom is 0.240 e. The number of benzene rings is 3. The Morgan fingerprint density at radius 2 is 1.69 bits per heavy atom. The summed E-state index contributed by atoms with van der Waals surface area (Å²) in [6, 6.07) is 24.1. The lowest BCUT2D eigenvalue weighted by Gasteiger charge is -2.30. The van der Waals surface area contributed by atoms with Crippen LogP contribution in [0.3, 0.4) is 0 Å². The van der Waals surface area contributed by atoms with E-state index in [0.29, 0.717) is 17.9 Å². The van der Waals surface area contributed by atoms with Crippen LogP contribution < -0.4 is 9.62 Å². The first-order chi connectivity index (χ1) is 14.0. The molecule has 4 nitrogen and oxygen atoms in total. The van der Waals surface area contributed by atoms with Crippen molar-refractivity contribution < 1.29 is 8.42 Å². The molecule has 4 rings (SSSR count). The molecular weight excluding hydrogens is 380 g/mol. The van der Waals surface area contributed by atoms with Crippen LogP contribution in [0, 0.1) is 6.92 Å². The predicted octanol–water partition coefficient (Wildman–Crippen LogP) is 4.08. The molecule has 3 aromatic rings. The second kappa shape index (κ2) is 8.39. The maximum atomic E-state index is 12.4. The van der Waals surface area contributed by atoms with Crippen molar-refractivity contribution in [2.24, 2.45) is 0 Å². The highest BCUT2D eigenvalue weighted by Gasteiger charge is 2.16. The molecule has 0 aliphatic carbocycles. The molecule has 1 aliphatic heterocycles. The van der Waals surface area contributed by atoms with Crippen LogP contribution in [0.5, 0.6) is 0 Å². The van der Waals surface area contributed by atoms with Crippen molar-refractivity contribution in [2.75, 3.05) is 18.0 Å². The van der Waals surface area contributed by atoms with E-state index in [4.69, 9.17) is 0 Å². The molecule has 0 aromatic heterocycles.